The molecule has 0 bridgehead atoms. The van der Waals surface area contributed by atoms with Crippen LogP contribution in [-0.2, 0) is 0 Å². The molecule has 3 rings (SSSR count). The van der Waals surface area contributed by atoms with Crippen molar-refractivity contribution in [2.24, 2.45) is 0 Å². The van der Waals surface area contributed by atoms with E-state index in [0.29, 0.717) is 11.3 Å². The summed E-state index contributed by atoms with van der Waals surface area (Å²) in [6.07, 6.45) is 4.57. The molecular weight excluding hydrogens is 290 g/mol. The number of nitriles is 1. The fraction of sp³-hybridized carbons (Fsp3) is 0.111. The molecule has 0 aliphatic rings. The van der Waals surface area contributed by atoms with Gasteiger partial charge >= 0.3 is 0 Å². The standard InChI is InChI=1S/C18H15N3O2/c19-11-14-1-3-15(4-2-14)18(22)12-23-17-7-5-16(6-8-17)21-10-9-20-13-21/h1-10,13,18,22H,12H2. The van der Waals surface area contributed by atoms with E-state index in [0.717, 1.165) is 11.3 Å². The van der Waals surface area contributed by atoms with Gasteiger partial charge in [0.15, 0.2) is 0 Å². The Morgan fingerprint density at radius 2 is 1.87 bits per heavy atom. The first kappa shape index (κ1) is 14.8. The van der Waals surface area contributed by atoms with Gasteiger partial charge in [-0.2, -0.15) is 5.26 Å². The molecule has 1 N–H and O–H groups in total. The predicted molar refractivity (Wildman–Crippen MR) is 85.2 cm³/mol. The van der Waals surface area contributed by atoms with Gasteiger partial charge in [-0.25, -0.2) is 4.98 Å². The summed E-state index contributed by atoms with van der Waals surface area (Å²) in [6.45, 7) is 0.149. The second-order valence-corrected chi connectivity index (χ2v) is 5.02. The zero-order valence-corrected chi connectivity index (χ0v) is 12.3. The van der Waals surface area contributed by atoms with E-state index in [-0.39, 0.29) is 6.61 Å². The molecule has 0 saturated carbocycles. The summed E-state index contributed by atoms with van der Waals surface area (Å²) in [6, 6.07) is 16.4. The summed E-state index contributed by atoms with van der Waals surface area (Å²) in [5, 5.41) is 18.9. The van der Waals surface area contributed by atoms with Gasteiger partial charge in [0, 0.05) is 18.1 Å². The molecule has 0 aliphatic carbocycles. The Kier molecular flexibility index (Phi) is 4.37. The Morgan fingerprint density at radius 3 is 2.48 bits per heavy atom. The van der Waals surface area contributed by atoms with Crippen LogP contribution in [0, 0.1) is 11.3 Å². The van der Waals surface area contributed by atoms with Crippen LogP contribution >= 0.6 is 0 Å². The molecule has 0 aliphatic heterocycles. The topological polar surface area (TPSA) is 71.1 Å². The third kappa shape index (κ3) is 3.57. The van der Waals surface area contributed by atoms with Crippen LogP contribution in [0.3, 0.4) is 0 Å². The molecule has 114 valence electrons. The van der Waals surface area contributed by atoms with Crippen molar-refractivity contribution in [3.05, 3.63) is 78.4 Å². The molecule has 0 saturated heterocycles. The summed E-state index contributed by atoms with van der Waals surface area (Å²) >= 11 is 0. The van der Waals surface area contributed by atoms with Gasteiger partial charge in [-0.3, -0.25) is 0 Å². The molecule has 0 amide bonds. The van der Waals surface area contributed by atoms with Crippen LogP contribution in [0.2, 0.25) is 0 Å². The highest BCUT2D eigenvalue weighted by Gasteiger charge is 2.08. The second kappa shape index (κ2) is 6.77. The van der Waals surface area contributed by atoms with Crippen LogP contribution in [0.5, 0.6) is 5.75 Å². The third-order valence-corrected chi connectivity index (χ3v) is 3.47. The molecule has 2 aromatic carbocycles. The summed E-state index contributed by atoms with van der Waals surface area (Å²) in [5.41, 5.74) is 2.28. The Morgan fingerprint density at radius 1 is 1.13 bits per heavy atom. The lowest BCUT2D eigenvalue weighted by Crippen LogP contribution is -2.09. The minimum atomic E-state index is -0.740. The summed E-state index contributed by atoms with van der Waals surface area (Å²) in [5.74, 6) is 0.682. The molecule has 5 heteroatoms. The van der Waals surface area contributed by atoms with E-state index in [2.05, 4.69) is 4.98 Å². The van der Waals surface area contributed by atoms with Crippen LogP contribution in [0.15, 0.2) is 67.3 Å². The highest BCUT2D eigenvalue weighted by atomic mass is 16.5. The molecule has 23 heavy (non-hydrogen) atoms. The van der Waals surface area contributed by atoms with Gasteiger partial charge in [0.25, 0.3) is 0 Å². The number of hydrogen-bond acceptors (Lipinski definition) is 4. The largest absolute Gasteiger partial charge is 0.491 e. The first-order chi connectivity index (χ1) is 11.3. The quantitative estimate of drug-likeness (QED) is 0.787. The molecule has 3 aromatic rings. The van der Waals surface area contributed by atoms with Gasteiger partial charge in [-0.1, -0.05) is 12.1 Å². The van der Waals surface area contributed by atoms with Crippen molar-refractivity contribution >= 4 is 0 Å². The van der Waals surface area contributed by atoms with Crippen LogP contribution < -0.4 is 4.74 Å². The highest BCUT2D eigenvalue weighted by molar-refractivity contribution is 5.37. The van der Waals surface area contributed by atoms with Crippen molar-refractivity contribution < 1.29 is 9.84 Å². The van der Waals surface area contributed by atoms with Crippen LogP contribution in [0.1, 0.15) is 17.2 Å². The number of ether oxygens (including phenoxy) is 1. The number of rotatable bonds is 5. The van der Waals surface area contributed by atoms with E-state index in [1.807, 2.05) is 41.1 Å². The number of nitrogens with zero attached hydrogens (tertiary/aromatic N) is 3. The van der Waals surface area contributed by atoms with Crippen LogP contribution in [0.4, 0.5) is 0 Å². The van der Waals surface area contributed by atoms with Gasteiger partial charge in [-0.05, 0) is 42.0 Å². The van der Waals surface area contributed by atoms with Crippen molar-refractivity contribution in [3.63, 3.8) is 0 Å². The van der Waals surface area contributed by atoms with Crippen LogP contribution in [-0.4, -0.2) is 21.3 Å². The number of aromatic nitrogens is 2. The minimum Gasteiger partial charge on any atom is -0.491 e. The van der Waals surface area contributed by atoms with Crippen molar-refractivity contribution in [1.29, 1.82) is 5.26 Å². The van der Waals surface area contributed by atoms with Crippen molar-refractivity contribution in [2.45, 2.75) is 6.10 Å². The monoisotopic (exact) mass is 305 g/mol. The summed E-state index contributed by atoms with van der Waals surface area (Å²) in [7, 11) is 0. The number of benzene rings is 2. The first-order valence-electron chi connectivity index (χ1n) is 7.15. The third-order valence-electron chi connectivity index (χ3n) is 3.47. The van der Waals surface area contributed by atoms with E-state index < -0.39 is 6.10 Å². The molecule has 1 atom stereocenters. The SMILES string of the molecule is N#Cc1ccc(C(O)COc2ccc(-n3ccnc3)cc2)cc1. The molecule has 1 heterocycles. The molecule has 1 unspecified atom stereocenters. The second-order valence-electron chi connectivity index (χ2n) is 5.02. The molecular formula is C18H15N3O2. The smallest absolute Gasteiger partial charge is 0.119 e. The average molecular weight is 305 g/mol. The predicted octanol–water partition coefficient (Wildman–Crippen LogP) is 2.86. The van der Waals surface area contributed by atoms with Gasteiger partial charge in [0.05, 0.1) is 18.0 Å². The molecule has 0 fully saturated rings. The normalized spacial score (nSPS) is 11.7. The van der Waals surface area contributed by atoms with Crippen molar-refractivity contribution in [2.75, 3.05) is 6.61 Å². The maximum Gasteiger partial charge on any atom is 0.119 e. The lowest BCUT2D eigenvalue weighted by atomic mass is 10.1. The van der Waals surface area contributed by atoms with Gasteiger partial charge in [0.2, 0.25) is 0 Å². The first-order valence-corrected chi connectivity index (χ1v) is 7.15. The van der Waals surface area contributed by atoms with Gasteiger partial charge < -0.3 is 14.4 Å². The zero-order valence-electron chi connectivity index (χ0n) is 12.3. The van der Waals surface area contributed by atoms with E-state index in [1.165, 1.54) is 0 Å². The number of imidazole rings is 1. The Bertz CT molecular complexity index is 788. The van der Waals surface area contributed by atoms with Crippen LogP contribution in [0.25, 0.3) is 5.69 Å². The lowest BCUT2D eigenvalue weighted by Gasteiger charge is -2.13. The van der Waals surface area contributed by atoms with E-state index >= 15 is 0 Å². The molecule has 0 radical (unpaired) electrons. The van der Waals surface area contributed by atoms with E-state index in [1.54, 1.807) is 36.8 Å². The zero-order chi connectivity index (χ0) is 16.1. The van der Waals surface area contributed by atoms with Gasteiger partial charge in [-0.15, -0.1) is 0 Å². The Labute approximate surface area is 134 Å². The summed E-state index contributed by atoms with van der Waals surface area (Å²) in [4.78, 5) is 4.00. The number of hydrogen-bond donors (Lipinski definition) is 1. The number of aliphatic hydroxyl groups excluding tert-OH is 1. The molecule has 5 nitrogen and oxygen atoms in total. The fourth-order valence-electron chi connectivity index (χ4n) is 2.18. The van der Waals surface area contributed by atoms with Crippen molar-refractivity contribution in [3.8, 4) is 17.5 Å². The fourth-order valence-corrected chi connectivity index (χ4v) is 2.18. The Hall–Kier alpha value is -3.10. The molecule has 1 aromatic heterocycles. The number of aliphatic hydroxyl groups is 1. The van der Waals surface area contributed by atoms with Gasteiger partial charge in [0.1, 0.15) is 18.5 Å². The summed E-state index contributed by atoms with van der Waals surface area (Å²) < 4.78 is 7.51. The maximum absolute atomic E-state index is 10.1. The maximum atomic E-state index is 10.1. The minimum absolute atomic E-state index is 0.149. The highest BCUT2D eigenvalue weighted by Crippen LogP contribution is 2.18. The van der Waals surface area contributed by atoms with E-state index in [9.17, 15) is 5.11 Å². The Balaban J connectivity index is 1.60. The average Bonchev–Trinajstić information content (AvgIpc) is 3.15. The lowest BCUT2D eigenvalue weighted by molar-refractivity contribution is 0.108. The molecule has 0 spiro atoms. The van der Waals surface area contributed by atoms with Crippen molar-refractivity contribution in [1.82, 2.24) is 9.55 Å². The van der Waals surface area contributed by atoms with E-state index in [4.69, 9.17) is 10.00 Å².